The van der Waals surface area contributed by atoms with E-state index in [1.54, 1.807) is 6.08 Å². The molecule has 1 rings (SSSR count). The van der Waals surface area contributed by atoms with Crippen LogP contribution < -0.4 is 5.73 Å². The molecular formula is C13H24N2. The fourth-order valence-electron chi connectivity index (χ4n) is 0.888. The Bertz CT molecular complexity index is 267. The molecular weight excluding hydrogens is 184 g/mol. The highest BCUT2D eigenvalue weighted by Gasteiger charge is 1.96. The van der Waals surface area contributed by atoms with Gasteiger partial charge in [0.1, 0.15) is 0 Å². The van der Waals surface area contributed by atoms with E-state index < -0.39 is 0 Å². The van der Waals surface area contributed by atoms with E-state index in [2.05, 4.69) is 18.5 Å². The van der Waals surface area contributed by atoms with Crippen LogP contribution in [0.25, 0.3) is 6.08 Å². The average Bonchev–Trinajstić information content (AvgIpc) is 2.35. The molecule has 0 atom stereocenters. The molecule has 0 aliphatic carbocycles. The summed E-state index contributed by atoms with van der Waals surface area (Å²) in [6, 6.07) is 3.80. The van der Waals surface area contributed by atoms with Gasteiger partial charge in [-0.2, -0.15) is 0 Å². The Morgan fingerprint density at radius 3 is 2.20 bits per heavy atom. The van der Waals surface area contributed by atoms with Gasteiger partial charge in [-0.1, -0.05) is 41.2 Å². The lowest BCUT2D eigenvalue weighted by Gasteiger charge is -2.00. The zero-order valence-corrected chi connectivity index (χ0v) is 10.7. The van der Waals surface area contributed by atoms with Crippen molar-refractivity contribution in [3.8, 4) is 0 Å². The van der Waals surface area contributed by atoms with Crippen molar-refractivity contribution in [3.05, 3.63) is 30.1 Å². The van der Waals surface area contributed by atoms with E-state index in [0.29, 0.717) is 5.69 Å². The minimum atomic E-state index is 0.692. The molecule has 2 N–H and O–H groups in total. The largest absolute Gasteiger partial charge is 0.397 e. The standard InChI is InChI=1S/C9H12N2.2C2H6/c1-3-7-5-6-8(10)9(4-2)11-7;2*1-2/h4-6H,2-3,10H2,1H3;2*1-2H3. The van der Waals surface area contributed by atoms with E-state index in [0.717, 1.165) is 17.8 Å². The van der Waals surface area contributed by atoms with E-state index in [-0.39, 0.29) is 0 Å². The molecule has 0 radical (unpaired) electrons. The summed E-state index contributed by atoms with van der Waals surface area (Å²) in [6.07, 6.45) is 2.61. The quantitative estimate of drug-likeness (QED) is 0.800. The molecule has 0 amide bonds. The molecule has 0 aromatic carbocycles. The van der Waals surface area contributed by atoms with Crippen molar-refractivity contribution in [1.82, 2.24) is 4.98 Å². The molecule has 2 nitrogen and oxygen atoms in total. The zero-order chi connectivity index (χ0) is 12.3. The molecule has 86 valence electrons. The maximum atomic E-state index is 5.62. The SMILES string of the molecule is C=Cc1nc(CC)ccc1N.CC.CC. The molecule has 15 heavy (non-hydrogen) atoms. The van der Waals surface area contributed by atoms with Crippen LogP contribution in [-0.4, -0.2) is 4.98 Å². The molecule has 0 aliphatic heterocycles. The average molecular weight is 208 g/mol. The van der Waals surface area contributed by atoms with E-state index in [1.165, 1.54) is 0 Å². The molecule has 1 aromatic heterocycles. The van der Waals surface area contributed by atoms with Crippen molar-refractivity contribution in [2.75, 3.05) is 5.73 Å². The number of nitrogens with zero attached hydrogens (tertiary/aromatic N) is 1. The van der Waals surface area contributed by atoms with Gasteiger partial charge >= 0.3 is 0 Å². The molecule has 0 bridgehead atoms. The van der Waals surface area contributed by atoms with Gasteiger partial charge in [-0.25, -0.2) is 0 Å². The number of nitrogens with two attached hydrogens (primary N) is 1. The monoisotopic (exact) mass is 208 g/mol. The first-order valence-electron chi connectivity index (χ1n) is 5.65. The van der Waals surface area contributed by atoms with Gasteiger partial charge in [0.05, 0.1) is 11.4 Å². The minimum Gasteiger partial charge on any atom is -0.397 e. The molecule has 1 heterocycles. The Morgan fingerprint density at radius 2 is 1.80 bits per heavy atom. The summed E-state index contributed by atoms with van der Waals surface area (Å²) in [5.74, 6) is 0. The molecule has 0 spiro atoms. The highest BCUT2D eigenvalue weighted by Crippen LogP contribution is 2.10. The number of anilines is 1. The molecule has 1 aromatic rings. The third-order valence-corrected chi connectivity index (χ3v) is 1.57. The van der Waals surface area contributed by atoms with Crippen LogP contribution in [0.5, 0.6) is 0 Å². The summed E-state index contributed by atoms with van der Waals surface area (Å²) >= 11 is 0. The Labute approximate surface area is 94.2 Å². The number of hydrogen-bond acceptors (Lipinski definition) is 2. The molecule has 0 fully saturated rings. The second-order valence-corrected chi connectivity index (χ2v) is 2.33. The Kier molecular flexibility index (Phi) is 11.6. The lowest BCUT2D eigenvalue weighted by molar-refractivity contribution is 1.03. The van der Waals surface area contributed by atoms with Crippen LogP contribution in [-0.2, 0) is 6.42 Å². The smallest absolute Gasteiger partial charge is 0.0856 e. The van der Waals surface area contributed by atoms with Crippen LogP contribution in [0.15, 0.2) is 18.7 Å². The first-order chi connectivity index (χ1) is 7.27. The van der Waals surface area contributed by atoms with Gasteiger partial charge in [0.25, 0.3) is 0 Å². The van der Waals surface area contributed by atoms with Gasteiger partial charge < -0.3 is 5.73 Å². The number of aromatic nitrogens is 1. The molecule has 0 unspecified atom stereocenters. The van der Waals surface area contributed by atoms with Crippen molar-refractivity contribution in [2.45, 2.75) is 41.0 Å². The highest BCUT2D eigenvalue weighted by molar-refractivity contribution is 5.59. The third-order valence-electron chi connectivity index (χ3n) is 1.57. The van der Waals surface area contributed by atoms with Crippen molar-refractivity contribution in [1.29, 1.82) is 0 Å². The number of rotatable bonds is 2. The number of hydrogen-bond donors (Lipinski definition) is 1. The minimum absolute atomic E-state index is 0.692. The van der Waals surface area contributed by atoms with Gasteiger partial charge in [0.15, 0.2) is 0 Å². The first kappa shape index (κ1) is 16.1. The zero-order valence-electron chi connectivity index (χ0n) is 10.7. The maximum absolute atomic E-state index is 5.62. The Morgan fingerprint density at radius 1 is 1.27 bits per heavy atom. The lowest BCUT2D eigenvalue weighted by Crippen LogP contribution is -1.95. The summed E-state index contributed by atoms with van der Waals surface area (Å²) in [7, 11) is 0. The summed E-state index contributed by atoms with van der Waals surface area (Å²) in [4.78, 5) is 4.27. The lowest BCUT2D eigenvalue weighted by atomic mass is 10.2. The van der Waals surface area contributed by atoms with Crippen LogP contribution >= 0.6 is 0 Å². The van der Waals surface area contributed by atoms with Gasteiger partial charge in [-0.05, 0) is 24.6 Å². The van der Waals surface area contributed by atoms with Crippen LogP contribution in [0.4, 0.5) is 5.69 Å². The summed E-state index contributed by atoms with van der Waals surface area (Å²) < 4.78 is 0. The summed E-state index contributed by atoms with van der Waals surface area (Å²) in [5.41, 5.74) is 8.14. The molecule has 0 aliphatic rings. The Hall–Kier alpha value is -1.31. The number of aryl methyl sites for hydroxylation is 1. The second-order valence-electron chi connectivity index (χ2n) is 2.33. The Balaban J connectivity index is 0. The van der Waals surface area contributed by atoms with Crippen LogP contribution in [0, 0.1) is 0 Å². The van der Waals surface area contributed by atoms with Gasteiger partial charge in [-0.3, -0.25) is 4.98 Å². The first-order valence-corrected chi connectivity index (χ1v) is 5.65. The third kappa shape index (κ3) is 5.89. The van der Waals surface area contributed by atoms with Crippen molar-refractivity contribution in [2.24, 2.45) is 0 Å². The van der Waals surface area contributed by atoms with Gasteiger partial charge in [-0.15, -0.1) is 0 Å². The predicted molar refractivity (Wildman–Crippen MR) is 70.8 cm³/mol. The fourth-order valence-corrected chi connectivity index (χ4v) is 0.888. The van der Waals surface area contributed by atoms with Crippen molar-refractivity contribution >= 4 is 11.8 Å². The van der Waals surface area contributed by atoms with Crippen LogP contribution in [0.1, 0.15) is 46.0 Å². The second kappa shape index (κ2) is 10.8. The van der Waals surface area contributed by atoms with Crippen LogP contribution in [0.2, 0.25) is 0 Å². The van der Waals surface area contributed by atoms with Crippen molar-refractivity contribution < 1.29 is 0 Å². The van der Waals surface area contributed by atoms with Gasteiger partial charge in [0.2, 0.25) is 0 Å². The molecule has 0 saturated heterocycles. The molecule has 0 saturated carbocycles. The summed E-state index contributed by atoms with van der Waals surface area (Å²) in [6.45, 7) is 13.7. The molecule has 2 heteroatoms. The van der Waals surface area contributed by atoms with Gasteiger partial charge in [0, 0.05) is 5.69 Å². The normalized spacial score (nSPS) is 7.80. The predicted octanol–water partition coefficient (Wildman–Crippen LogP) is 3.92. The van der Waals surface area contributed by atoms with Crippen LogP contribution in [0.3, 0.4) is 0 Å². The van der Waals surface area contributed by atoms with Crippen molar-refractivity contribution in [3.63, 3.8) is 0 Å². The van der Waals surface area contributed by atoms with E-state index in [1.807, 2.05) is 39.8 Å². The van der Waals surface area contributed by atoms with E-state index in [9.17, 15) is 0 Å². The van der Waals surface area contributed by atoms with E-state index in [4.69, 9.17) is 5.73 Å². The topological polar surface area (TPSA) is 38.9 Å². The number of nitrogen functional groups attached to an aromatic ring is 1. The highest BCUT2D eigenvalue weighted by atomic mass is 14.7. The summed E-state index contributed by atoms with van der Waals surface area (Å²) in [5, 5.41) is 0. The number of pyridine rings is 1. The maximum Gasteiger partial charge on any atom is 0.0856 e. The fraction of sp³-hybridized carbons (Fsp3) is 0.462. The van der Waals surface area contributed by atoms with E-state index >= 15 is 0 Å².